The predicted octanol–water partition coefficient (Wildman–Crippen LogP) is -1.20. The maximum absolute atomic E-state index is 10.8. The van der Waals surface area contributed by atoms with E-state index in [2.05, 4.69) is 0 Å². The van der Waals surface area contributed by atoms with Gasteiger partial charge in [-0.25, -0.2) is 8.42 Å². The van der Waals surface area contributed by atoms with E-state index in [-0.39, 0.29) is 40.4 Å². The van der Waals surface area contributed by atoms with E-state index in [1.807, 2.05) is 24.3 Å². The first-order valence-corrected chi connectivity index (χ1v) is 5.89. The molecule has 0 saturated heterocycles. The minimum Gasteiger partial charge on any atom is -0.744 e. The molecule has 0 saturated carbocycles. The van der Waals surface area contributed by atoms with Crippen LogP contribution in [0, 0.1) is 0 Å². The molecule has 0 spiro atoms. The molecule has 1 aromatic rings. The van der Waals surface area contributed by atoms with Crippen molar-refractivity contribution < 1.29 is 42.5 Å². The maximum Gasteiger partial charge on any atom is 1.00 e. The number of allylic oxidation sites excluding steroid dienone is 4. The molecule has 0 N–H and O–H groups in total. The molecule has 0 unspecified atom stereocenters. The third-order valence-corrected chi connectivity index (χ3v) is 3.11. The summed E-state index contributed by atoms with van der Waals surface area (Å²) in [7, 11) is -4.35. The van der Waals surface area contributed by atoms with Gasteiger partial charge in [0.1, 0.15) is 10.1 Å². The van der Waals surface area contributed by atoms with E-state index < -0.39 is 10.1 Å². The summed E-state index contributed by atoms with van der Waals surface area (Å²) in [6.45, 7) is 0. The Morgan fingerprint density at radius 2 is 1.75 bits per heavy atom. The van der Waals surface area contributed by atoms with Crippen LogP contribution in [0.15, 0.2) is 53.5 Å². The Morgan fingerprint density at radius 3 is 2.31 bits per heavy atom. The smallest absolute Gasteiger partial charge is 0.744 e. The largest absolute Gasteiger partial charge is 1.00 e. The van der Waals surface area contributed by atoms with Crippen molar-refractivity contribution in [3.63, 3.8) is 0 Å². The number of hydrogen-bond acceptors (Lipinski definition) is 3. The Morgan fingerprint density at radius 1 is 1.12 bits per heavy atom. The van der Waals surface area contributed by atoms with Gasteiger partial charge in [0.05, 0.1) is 4.90 Å². The van der Waals surface area contributed by atoms with Crippen LogP contribution in [0.4, 0.5) is 0 Å². The van der Waals surface area contributed by atoms with Crippen LogP contribution in [-0.2, 0) is 10.1 Å². The summed E-state index contributed by atoms with van der Waals surface area (Å²) < 4.78 is 32.4. The van der Waals surface area contributed by atoms with Gasteiger partial charge in [0.25, 0.3) is 0 Å². The van der Waals surface area contributed by atoms with Crippen molar-refractivity contribution in [2.45, 2.75) is 10.8 Å². The predicted molar refractivity (Wildman–Crippen MR) is 55.4 cm³/mol. The van der Waals surface area contributed by atoms with Crippen molar-refractivity contribution in [1.82, 2.24) is 0 Å². The maximum atomic E-state index is 10.8. The molecule has 16 heavy (non-hydrogen) atoms. The zero-order valence-corrected chi connectivity index (χ0v) is 11.6. The standard InChI is InChI=1S/C11H10O3S.Na/c12-15(13,14)11-7-3-6-10(8-11)9-4-1-2-5-9;/h1-9H,(H,12,13,14);/q;+1/p-1. The second-order valence-corrected chi connectivity index (χ2v) is 4.70. The molecule has 1 aliphatic carbocycles. The number of hydrogen-bond donors (Lipinski definition) is 0. The van der Waals surface area contributed by atoms with Crippen molar-refractivity contribution in [1.29, 1.82) is 0 Å². The normalized spacial score (nSPS) is 15.1. The van der Waals surface area contributed by atoms with Gasteiger partial charge < -0.3 is 4.55 Å². The molecule has 5 heteroatoms. The van der Waals surface area contributed by atoms with Crippen LogP contribution in [0.25, 0.3) is 0 Å². The van der Waals surface area contributed by atoms with Crippen LogP contribution in [-0.4, -0.2) is 13.0 Å². The molecule has 0 amide bonds. The summed E-state index contributed by atoms with van der Waals surface area (Å²) in [4.78, 5) is -0.172. The number of benzene rings is 1. The zero-order valence-electron chi connectivity index (χ0n) is 8.83. The van der Waals surface area contributed by atoms with Gasteiger partial charge in [-0.3, -0.25) is 0 Å². The van der Waals surface area contributed by atoms with Crippen LogP contribution >= 0.6 is 0 Å². The fraction of sp³-hybridized carbons (Fsp3) is 0.0909. The molecule has 78 valence electrons. The Balaban J connectivity index is 0.00000128. The van der Waals surface area contributed by atoms with E-state index in [9.17, 15) is 13.0 Å². The van der Waals surface area contributed by atoms with Gasteiger partial charge >= 0.3 is 29.6 Å². The molecule has 0 atom stereocenters. The second-order valence-electron chi connectivity index (χ2n) is 3.32. The SMILES string of the molecule is O=S(=O)([O-])c1cccc(C2C=CC=C2)c1.[Na+]. The summed E-state index contributed by atoms with van der Waals surface area (Å²) in [5.41, 5.74) is 0.817. The molecule has 0 bridgehead atoms. The molecular formula is C11H9NaO3S. The fourth-order valence-corrected chi connectivity index (χ4v) is 2.06. The van der Waals surface area contributed by atoms with E-state index in [1.165, 1.54) is 12.1 Å². The molecule has 0 radical (unpaired) electrons. The van der Waals surface area contributed by atoms with Crippen molar-refractivity contribution in [3.8, 4) is 0 Å². The monoisotopic (exact) mass is 244 g/mol. The molecule has 1 aromatic carbocycles. The minimum absolute atomic E-state index is 0. The zero-order chi connectivity index (χ0) is 10.9. The van der Waals surface area contributed by atoms with Gasteiger partial charge in [0.2, 0.25) is 0 Å². The van der Waals surface area contributed by atoms with Crippen molar-refractivity contribution in [2.75, 3.05) is 0 Å². The van der Waals surface area contributed by atoms with Crippen LogP contribution in [0.5, 0.6) is 0 Å². The van der Waals surface area contributed by atoms with Crippen LogP contribution in [0.3, 0.4) is 0 Å². The van der Waals surface area contributed by atoms with Crippen LogP contribution in [0.2, 0.25) is 0 Å². The summed E-state index contributed by atoms with van der Waals surface area (Å²) in [6.07, 6.45) is 7.67. The first-order valence-electron chi connectivity index (χ1n) is 4.48. The molecule has 3 nitrogen and oxygen atoms in total. The summed E-state index contributed by atoms with van der Waals surface area (Å²) in [5.74, 6) is 0.0756. The van der Waals surface area contributed by atoms with E-state index in [0.29, 0.717) is 0 Å². The quantitative estimate of drug-likeness (QED) is 0.485. The van der Waals surface area contributed by atoms with Gasteiger partial charge in [0, 0.05) is 5.92 Å². The second kappa shape index (κ2) is 5.29. The molecule has 0 heterocycles. The van der Waals surface area contributed by atoms with Crippen LogP contribution < -0.4 is 29.6 Å². The molecule has 0 aromatic heterocycles. The topological polar surface area (TPSA) is 57.2 Å². The van der Waals surface area contributed by atoms with Crippen LogP contribution in [0.1, 0.15) is 11.5 Å². The van der Waals surface area contributed by atoms with Gasteiger partial charge in [-0.05, 0) is 17.7 Å². The first-order chi connectivity index (χ1) is 7.07. The minimum atomic E-state index is -4.35. The fourth-order valence-electron chi connectivity index (χ4n) is 1.53. The summed E-state index contributed by atoms with van der Waals surface area (Å²) in [6, 6.07) is 6.13. The average Bonchev–Trinajstić information content (AvgIpc) is 2.69. The van der Waals surface area contributed by atoms with Crippen molar-refractivity contribution in [3.05, 3.63) is 54.1 Å². The molecule has 0 fully saturated rings. The molecular weight excluding hydrogens is 235 g/mol. The summed E-state index contributed by atoms with van der Waals surface area (Å²) >= 11 is 0. The Kier molecular flexibility index (Phi) is 4.52. The Hall–Kier alpha value is -0.390. The third-order valence-electron chi connectivity index (χ3n) is 2.28. The Labute approximate surface area is 117 Å². The van der Waals surface area contributed by atoms with Gasteiger partial charge in [-0.1, -0.05) is 36.4 Å². The molecule has 1 aliphatic rings. The van der Waals surface area contributed by atoms with E-state index in [1.54, 1.807) is 12.1 Å². The van der Waals surface area contributed by atoms with Crippen molar-refractivity contribution in [2.24, 2.45) is 0 Å². The van der Waals surface area contributed by atoms with E-state index >= 15 is 0 Å². The summed E-state index contributed by atoms with van der Waals surface area (Å²) in [5, 5.41) is 0. The van der Waals surface area contributed by atoms with E-state index in [4.69, 9.17) is 0 Å². The Bertz CT molecular complexity index is 520. The third kappa shape index (κ3) is 3.06. The average molecular weight is 244 g/mol. The van der Waals surface area contributed by atoms with Gasteiger partial charge in [-0.2, -0.15) is 0 Å². The van der Waals surface area contributed by atoms with Gasteiger partial charge in [0.15, 0.2) is 0 Å². The molecule has 0 aliphatic heterocycles. The van der Waals surface area contributed by atoms with Gasteiger partial charge in [-0.15, -0.1) is 0 Å². The first kappa shape index (κ1) is 13.7. The van der Waals surface area contributed by atoms with Crippen molar-refractivity contribution >= 4 is 10.1 Å². The molecule has 2 rings (SSSR count). The number of rotatable bonds is 2. The van der Waals surface area contributed by atoms with E-state index in [0.717, 1.165) is 5.56 Å².